The summed E-state index contributed by atoms with van der Waals surface area (Å²) in [6, 6.07) is 0. The van der Waals surface area contributed by atoms with Crippen LogP contribution in [-0.4, -0.2) is 0 Å². The Hall–Kier alpha value is -0.157. The number of hydrogen-bond acceptors (Lipinski definition) is 0. The minimum Gasteiger partial charge on any atom is -0.358 e. The first-order chi connectivity index (χ1) is 6.96. The molecule has 0 nitrogen and oxygen atoms in total. The Kier molecular flexibility index (Phi) is 7.67. The van der Waals surface area contributed by atoms with Crippen molar-refractivity contribution < 1.29 is 26.2 Å². The van der Waals surface area contributed by atoms with Crippen LogP contribution in [0.3, 0.4) is 0 Å². The van der Waals surface area contributed by atoms with Gasteiger partial charge < -0.3 is 14.9 Å². The molecule has 1 radical (unpaired) electrons. The molecule has 0 N–H and O–H groups in total. The SMILES string of the molecule is CC1=C(C)C(C)(C)C(C2=[C-]CC=C2)=C1C.[CH3-].[CH3-].[Zr+3]. The van der Waals surface area contributed by atoms with E-state index in [4.69, 9.17) is 0 Å². The molecule has 0 atom stereocenters. The van der Waals surface area contributed by atoms with Crippen LogP contribution in [0.25, 0.3) is 0 Å². The summed E-state index contributed by atoms with van der Waals surface area (Å²) in [6.07, 6.45) is 8.82. The Bertz CT molecular complexity index is 429. The third kappa shape index (κ3) is 2.88. The van der Waals surface area contributed by atoms with E-state index in [9.17, 15) is 0 Å². The van der Waals surface area contributed by atoms with Gasteiger partial charge in [0.25, 0.3) is 0 Å². The fourth-order valence-electron chi connectivity index (χ4n) is 2.71. The predicted octanol–water partition coefficient (Wildman–Crippen LogP) is 5.27. The summed E-state index contributed by atoms with van der Waals surface area (Å²) in [4.78, 5) is 0. The Morgan fingerprint density at radius 2 is 1.61 bits per heavy atom. The van der Waals surface area contributed by atoms with Gasteiger partial charge in [-0.1, -0.05) is 43.9 Å². The zero-order valence-electron chi connectivity index (χ0n) is 12.9. The molecule has 0 heterocycles. The molecule has 0 amide bonds. The fourth-order valence-corrected chi connectivity index (χ4v) is 2.71. The summed E-state index contributed by atoms with van der Waals surface area (Å²) >= 11 is 0. The molecule has 0 saturated heterocycles. The van der Waals surface area contributed by atoms with Crippen molar-refractivity contribution in [3.63, 3.8) is 0 Å². The van der Waals surface area contributed by atoms with Gasteiger partial charge in [0.2, 0.25) is 0 Å². The van der Waals surface area contributed by atoms with Gasteiger partial charge in [0, 0.05) is 0 Å². The quantitative estimate of drug-likeness (QED) is 0.578. The van der Waals surface area contributed by atoms with E-state index in [0.29, 0.717) is 0 Å². The van der Waals surface area contributed by atoms with E-state index in [0.717, 1.165) is 6.42 Å². The second-order valence-electron chi connectivity index (χ2n) is 5.07. The van der Waals surface area contributed by atoms with E-state index in [1.165, 1.54) is 27.9 Å². The molecule has 1 heteroatoms. The topological polar surface area (TPSA) is 0 Å². The molecule has 2 aliphatic rings. The van der Waals surface area contributed by atoms with Crippen molar-refractivity contribution in [2.75, 3.05) is 0 Å². The van der Waals surface area contributed by atoms with Crippen LogP contribution in [0.1, 0.15) is 41.0 Å². The molecule has 0 bridgehead atoms. The molecule has 2 aliphatic carbocycles. The van der Waals surface area contributed by atoms with Crippen molar-refractivity contribution in [1.29, 1.82) is 0 Å². The summed E-state index contributed by atoms with van der Waals surface area (Å²) in [5.74, 6) is 0. The van der Waals surface area contributed by atoms with Crippen LogP contribution in [0.2, 0.25) is 0 Å². The van der Waals surface area contributed by atoms with Gasteiger partial charge in [-0.15, -0.1) is 11.6 Å². The normalized spacial score (nSPS) is 20.2. The average Bonchev–Trinajstić information content (AvgIpc) is 2.72. The molecule has 0 fully saturated rings. The van der Waals surface area contributed by atoms with E-state index in [1.54, 1.807) is 0 Å². The molecule has 2 rings (SSSR count). The van der Waals surface area contributed by atoms with Gasteiger partial charge in [-0.2, -0.15) is 17.7 Å². The van der Waals surface area contributed by atoms with Gasteiger partial charge >= 0.3 is 26.2 Å². The maximum Gasteiger partial charge on any atom is 3.00 e. The Labute approximate surface area is 133 Å². The van der Waals surface area contributed by atoms with Gasteiger partial charge in [-0.25, -0.2) is 0 Å². The molecule has 0 aromatic rings. The molecule has 0 aromatic carbocycles. The summed E-state index contributed by atoms with van der Waals surface area (Å²) in [7, 11) is 0. The van der Waals surface area contributed by atoms with Gasteiger partial charge in [0.05, 0.1) is 0 Å². The first-order valence-corrected chi connectivity index (χ1v) is 5.63. The average molecular weight is 321 g/mol. The van der Waals surface area contributed by atoms with Crippen LogP contribution in [0.5, 0.6) is 0 Å². The van der Waals surface area contributed by atoms with E-state index < -0.39 is 0 Å². The number of rotatable bonds is 1. The zero-order chi connectivity index (χ0) is 11.2. The standard InChI is InChI=1S/C15H19.2CH3.Zr/c1-10-11(2)14(13-8-6-7-9-13)15(4,5)12(10)3;;;/h6,8H,7H2,1-5H3;2*1H3;/q3*-1;+3. The van der Waals surface area contributed by atoms with Crippen molar-refractivity contribution >= 4 is 0 Å². The number of allylic oxidation sites excluding steroid dienone is 8. The van der Waals surface area contributed by atoms with Crippen molar-refractivity contribution in [1.82, 2.24) is 0 Å². The largest absolute Gasteiger partial charge is 3.00 e. The van der Waals surface area contributed by atoms with Crippen LogP contribution in [0.15, 0.2) is 40.0 Å². The van der Waals surface area contributed by atoms with Crippen LogP contribution in [-0.2, 0) is 26.2 Å². The maximum atomic E-state index is 3.45. The van der Waals surface area contributed by atoms with Crippen molar-refractivity contribution in [2.45, 2.75) is 41.0 Å². The minimum absolute atomic E-state index is 0. The zero-order valence-corrected chi connectivity index (χ0v) is 15.3. The molecular formula is C17H25Zr. The second-order valence-corrected chi connectivity index (χ2v) is 5.07. The molecule has 0 spiro atoms. The van der Waals surface area contributed by atoms with E-state index >= 15 is 0 Å². The van der Waals surface area contributed by atoms with Crippen molar-refractivity contribution in [3.05, 3.63) is 60.9 Å². The molecule has 0 aliphatic heterocycles. The fraction of sp³-hybridized carbons (Fsp3) is 0.412. The van der Waals surface area contributed by atoms with E-state index in [2.05, 4.69) is 52.8 Å². The maximum absolute atomic E-state index is 3.45. The van der Waals surface area contributed by atoms with Crippen LogP contribution < -0.4 is 0 Å². The van der Waals surface area contributed by atoms with Gasteiger partial charge in [-0.05, 0) is 19.3 Å². The van der Waals surface area contributed by atoms with E-state index in [1.807, 2.05) is 0 Å². The molecule has 0 unspecified atom stereocenters. The first-order valence-electron chi connectivity index (χ1n) is 5.63. The molecular weight excluding hydrogens is 295 g/mol. The Morgan fingerprint density at radius 1 is 1.06 bits per heavy atom. The van der Waals surface area contributed by atoms with Crippen molar-refractivity contribution in [2.24, 2.45) is 5.41 Å². The third-order valence-electron chi connectivity index (χ3n) is 4.03. The summed E-state index contributed by atoms with van der Waals surface area (Å²) in [5, 5.41) is 0. The van der Waals surface area contributed by atoms with Crippen LogP contribution in [0, 0.1) is 26.3 Å². The molecule has 0 aromatic heterocycles. The summed E-state index contributed by atoms with van der Waals surface area (Å²) in [6.45, 7) is 11.4. The van der Waals surface area contributed by atoms with Gasteiger partial charge in [0.15, 0.2) is 0 Å². The van der Waals surface area contributed by atoms with Gasteiger partial charge in [-0.3, -0.25) is 0 Å². The molecule has 97 valence electrons. The summed E-state index contributed by atoms with van der Waals surface area (Å²) < 4.78 is 0. The monoisotopic (exact) mass is 319 g/mol. The smallest absolute Gasteiger partial charge is 0.358 e. The van der Waals surface area contributed by atoms with Crippen molar-refractivity contribution in [3.8, 4) is 0 Å². The van der Waals surface area contributed by atoms with Crippen LogP contribution in [0.4, 0.5) is 0 Å². The number of hydrogen-bond donors (Lipinski definition) is 0. The second kappa shape index (κ2) is 6.85. The predicted molar refractivity (Wildman–Crippen MR) is 78.2 cm³/mol. The van der Waals surface area contributed by atoms with Crippen LogP contribution >= 0.6 is 0 Å². The Morgan fingerprint density at radius 3 is 1.94 bits per heavy atom. The van der Waals surface area contributed by atoms with E-state index in [-0.39, 0.29) is 46.5 Å². The molecule has 18 heavy (non-hydrogen) atoms. The molecule has 0 saturated carbocycles. The Balaban J connectivity index is 0. The first kappa shape index (κ1) is 20.2. The summed E-state index contributed by atoms with van der Waals surface area (Å²) in [5.41, 5.74) is 7.39. The minimum atomic E-state index is 0. The third-order valence-corrected chi connectivity index (χ3v) is 4.03. The van der Waals surface area contributed by atoms with Gasteiger partial charge in [0.1, 0.15) is 0 Å².